The van der Waals surface area contributed by atoms with Gasteiger partial charge in [0, 0.05) is 6.54 Å². The fourth-order valence-electron chi connectivity index (χ4n) is 1.53. The smallest absolute Gasteiger partial charge is 0.338 e. The van der Waals surface area contributed by atoms with E-state index in [1.165, 1.54) is 6.07 Å². The predicted octanol–water partition coefficient (Wildman–Crippen LogP) is 1.74. The molecule has 1 aromatic rings. The van der Waals surface area contributed by atoms with Gasteiger partial charge in [0.2, 0.25) is 0 Å². The van der Waals surface area contributed by atoms with E-state index in [1.54, 1.807) is 26.0 Å². The number of esters is 1. The molecular formula is C15H22N2O4. The van der Waals surface area contributed by atoms with Crippen molar-refractivity contribution in [2.75, 3.05) is 18.9 Å². The summed E-state index contributed by atoms with van der Waals surface area (Å²) in [6.45, 7) is 5.95. The van der Waals surface area contributed by atoms with Crippen LogP contribution in [0.25, 0.3) is 0 Å². The molecule has 0 aromatic heterocycles. The van der Waals surface area contributed by atoms with Crippen LogP contribution in [-0.2, 0) is 9.53 Å². The zero-order valence-corrected chi connectivity index (χ0v) is 12.6. The minimum Gasteiger partial charge on any atom is -0.482 e. The highest BCUT2D eigenvalue weighted by Gasteiger charge is 2.13. The van der Waals surface area contributed by atoms with Crippen LogP contribution in [0.15, 0.2) is 18.2 Å². The Morgan fingerprint density at radius 3 is 2.67 bits per heavy atom. The van der Waals surface area contributed by atoms with E-state index in [4.69, 9.17) is 15.2 Å². The van der Waals surface area contributed by atoms with Crippen LogP contribution in [0.1, 0.15) is 37.6 Å². The molecule has 6 nitrogen and oxygen atoms in total. The highest BCUT2D eigenvalue weighted by molar-refractivity contribution is 5.90. The van der Waals surface area contributed by atoms with Gasteiger partial charge < -0.3 is 20.5 Å². The number of carbonyl (C=O) groups excluding carboxylic acids is 2. The number of ether oxygens (including phenoxy) is 2. The van der Waals surface area contributed by atoms with Crippen LogP contribution in [0, 0.1) is 0 Å². The average Bonchev–Trinajstić information content (AvgIpc) is 2.43. The van der Waals surface area contributed by atoms with E-state index in [0.29, 0.717) is 23.5 Å². The molecule has 1 amide bonds. The molecule has 0 saturated heterocycles. The number of benzene rings is 1. The lowest BCUT2D eigenvalue weighted by molar-refractivity contribution is -0.123. The maximum Gasteiger partial charge on any atom is 0.338 e. The van der Waals surface area contributed by atoms with Gasteiger partial charge in [-0.3, -0.25) is 4.79 Å². The Balaban J connectivity index is 2.69. The summed E-state index contributed by atoms with van der Waals surface area (Å²) >= 11 is 0. The van der Waals surface area contributed by atoms with Gasteiger partial charge in [0.25, 0.3) is 5.91 Å². The zero-order valence-electron chi connectivity index (χ0n) is 12.6. The number of carbonyl (C=O) groups is 2. The lowest BCUT2D eigenvalue weighted by Crippen LogP contribution is -2.29. The Labute approximate surface area is 124 Å². The van der Waals surface area contributed by atoms with E-state index >= 15 is 0 Å². The quantitative estimate of drug-likeness (QED) is 0.590. The van der Waals surface area contributed by atoms with Gasteiger partial charge in [0.1, 0.15) is 5.75 Å². The van der Waals surface area contributed by atoms with Crippen molar-refractivity contribution in [2.24, 2.45) is 0 Å². The molecule has 0 atom stereocenters. The van der Waals surface area contributed by atoms with Crippen molar-refractivity contribution in [3.8, 4) is 5.75 Å². The lowest BCUT2D eigenvalue weighted by Gasteiger charge is -2.12. The number of nitrogens with two attached hydrogens (primary N) is 1. The summed E-state index contributed by atoms with van der Waals surface area (Å²) in [6, 6.07) is 4.59. The van der Waals surface area contributed by atoms with Gasteiger partial charge in [-0.25, -0.2) is 4.79 Å². The Bertz CT molecular complexity index is 500. The second-order valence-corrected chi connectivity index (χ2v) is 4.85. The molecule has 0 bridgehead atoms. The fraction of sp³-hybridized carbons (Fsp3) is 0.467. The fourth-order valence-corrected chi connectivity index (χ4v) is 1.53. The van der Waals surface area contributed by atoms with E-state index in [0.717, 1.165) is 6.42 Å². The number of nitrogen functional groups attached to an aromatic ring is 1. The summed E-state index contributed by atoms with van der Waals surface area (Å²) in [5.41, 5.74) is 6.46. The molecular weight excluding hydrogens is 272 g/mol. The minimum absolute atomic E-state index is 0.146. The Hall–Kier alpha value is -2.24. The summed E-state index contributed by atoms with van der Waals surface area (Å²) in [5, 5.41) is 2.69. The molecule has 0 radical (unpaired) electrons. The molecule has 1 rings (SSSR count). The van der Waals surface area contributed by atoms with E-state index in [9.17, 15) is 9.59 Å². The third-order valence-corrected chi connectivity index (χ3v) is 2.52. The van der Waals surface area contributed by atoms with Gasteiger partial charge in [-0.05, 0) is 38.5 Å². The Kier molecular flexibility index (Phi) is 6.52. The van der Waals surface area contributed by atoms with Gasteiger partial charge >= 0.3 is 5.97 Å². The second kappa shape index (κ2) is 8.14. The third-order valence-electron chi connectivity index (χ3n) is 2.52. The van der Waals surface area contributed by atoms with Gasteiger partial charge in [-0.1, -0.05) is 6.92 Å². The first-order valence-electron chi connectivity index (χ1n) is 6.94. The van der Waals surface area contributed by atoms with E-state index < -0.39 is 5.97 Å². The molecule has 0 fully saturated rings. The number of anilines is 1. The number of hydrogen-bond acceptors (Lipinski definition) is 5. The zero-order chi connectivity index (χ0) is 15.8. The molecule has 0 unspecified atom stereocenters. The molecule has 0 aliphatic rings. The third kappa shape index (κ3) is 5.72. The predicted molar refractivity (Wildman–Crippen MR) is 80.2 cm³/mol. The average molecular weight is 294 g/mol. The standard InChI is InChI=1S/C15H22N2O4/c1-4-7-17-14(18)9-20-13-8-11(5-6-12(13)16)15(19)21-10(2)3/h5-6,8,10H,4,7,9,16H2,1-3H3,(H,17,18). The summed E-state index contributed by atoms with van der Waals surface area (Å²) < 4.78 is 10.4. The largest absolute Gasteiger partial charge is 0.482 e. The summed E-state index contributed by atoms with van der Waals surface area (Å²) in [6.07, 6.45) is 0.643. The van der Waals surface area contributed by atoms with E-state index in [1.807, 2.05) is 6.92 Å². The minimum atomic E-state index is -0.453. The Morgan fingerprint density at radius 2 is 2.05 bits per heavy atom. The summed E-state index contributed by atoms with van der Waals surface area (Å²) in [4.78, 5) is 23.3. The van der Waals surface area contributed by atoms with Crippen LogP contribution in [0.5, 0.6) is 5.75 Å². The number of hydrogen-bond donors (Lipinski definition) is 2. The maximum atomic E-state index is 11.8. The van der Waals surface area contributed by atoms with Crippen molar-refractivity contribution in [3.63, 3.8) is 0 Å². The summed E-state index contributed by atoms with van der Waals surface area (Å²) in [5.74, 6) is -0.392. The van der Waals surface area contributed by atoms with Crippen LogP contribution in [0.2, 0.25) is 0 Å². The van der Waals surface area contributed by atoms with Gasteiger partial charge in [-0.15, -0.1) is 0 Å². The number of amides is 1. The molecule has 116 valence electrons. The first-order chi connectivity index (χ1) is 9.93. The van der Waals surface area contributed by atoms with Crippen molar-refractivity contribution >= 4 is 17.6 Å². The summed E-state index contributed by atoms with van der Waals surface area (Å²) in [7, 11) is 0. The SMILES string of the molecule is CCCNC(=O)COc1cc(C(=O)OC(C)C)ccc1N. The van der Waals surface area contributed by atoms with Gasteiger partial charge in [0.15, 0.2) is 6.61 Å². The molecule has 6 heteroatoms. The highest BCUT2D eigenvalue weighted by atomic mass is 16.5. The molecule has 0 aliphatic heterocycles. The van der Waals surface area contributed by atoms with Crippen molar-refractivity contribution in [1.29, 1.82) is 0 Å². The number of nitrogens with one attached hydrogen (secondary N) is 1. The molecule has 1 aromatic carbocycles. The van der Waals surface area contributed by atoms with Crippen molar-refractivity contribution in [3.05, 3.63) is 23.8 Å². The molecule has 21 heavy (non-hydrogen) atoms. The first kappa shape index (κ1) is 16.8. The van der Waals surface area contributed by atoms with Crippen molar-refractivity contribution < 1.29 is 19.1 Å². The normalized spacial score (nSPS) is 10.3. The van der Waals surface area contributed by atoms with Crippen LogP contribution >= 0.6 is 0 Å². The maximum absolute atomic E-state index is 11.8. The lowest BCUT2D eigenvalue weighted by atomic mass is 10.2. The molecule has 0 saturated carbocycles. The highest BCUT2D eigenvalue weighted by Crippen LogP contribution is 2.23. The molecule has 3 N–H and O–H groups in total. The molecule has 0 aliphatic carbocycles. The van der Waals surface area contributed by atoms with Crippen LogP contribution < -0.4 is 15.8 Å². The van der Waals surface area contributed by atoms with Crippen LogP contribution in [-0.4, -0.2) is 31.1 Å². The number of rotatable bonds is 7. The van der Waals surface area contributed by atoms with E-state index in [-0.39, 0.29) is 18.6 Å². The topological polar surface area (TPSA) is 90.6 Å². The molecule has 0 spiro atoms. The first-order valence-corrected chi connectivity index (χ1v) is 6.94. The van der Waals surface area contributed by atoms with Gasteiger partial charge in [-0.2, -0.15) is 0 Å². The van der Waals surface area contributed by atoms with Crippen LogP contribution in [0.4, 0.5) is 5.69 Å². The molecule has 0 heterocycles. The van der Waals surface area contributed by atoms with Crippen molar-refractivity contribution in [2.45, 2.75) is 33.3 Å². The van der Waals surface area contributed by atoms with E-state index in [2.05, 4.69) is 5.32 Å². The van der Waals surface area contributed by atoms with Crippen molar-refractivity contribution in [1.82, 2.24) is 5.32 Å². The van der Waals surface area contributed by atoms with Crippen LogP contribution in [0.3, 0.4) is 0 Å². The monoisotopic (exact) mass is 294 g/mol. The Morgan fingerprint density at radius 1 is 1.33 bits per heavy atom. The van der Waals surface area contributed by atoms with Gasteiger partial charge in [0.05, 0.1) is 17.4 Å². The second-order valence-electron chi connectivity index (χ2n) is 4.85.